The highest BCUT2D eigenvalue weighted by Gasteiger charge is 2.30. The number of nitrogens with zero attached hydrogens (tertiary/aromatic N) is 2. The third kappa shape index (κ3) is 5.29. The van der Waals surface area contributed by atoms with Crippen LogP contribution in [0.2, 0.25) is 0 Å². The molecule has 0 bridgehead atoms. The zero-order chi connectivity index (χ0) is 22.5. The molecule has 3 rings (SSSR count). The number of likely N-dealkylation sites (N-methyl/N-ethyl adjacent to an activating group) is 1. The molecule has 1 heterocycles. The molecule has 162 valence electrons. The van der Waals surface area contributed by atoms with Gasteiger partial charge in [-0.2, -0.15) is 0 Å². The van der Waals surface area contributed by atoms with Gasteiger partial charge in [0.2, 0.25) is 0 Å². The lowest BCUT2D eigenvalue weighted by Crippen LogP contribution is -2.23. The van der Waals surface area contributed by atoms with Crippen LogP contribution in [0.1, 0.15) is 29.8 Å². The molecule has 0 atom stereocenters. The molecule has 9 heteroatoms. The summed E-state index contributed by atoms with van der Waals surface area (Å²) in [6.07, 6.45) is 1.77. The smallest absolute Gasteiger partial charge is 0.335 e. The second kappa shape index (κ2) is 10.0. The van der Waals surface area contributed by atoms with Crippen LogP contribution in [0.3, 0.4) is 0 Å². The van der Waals surface area contributed by atoms with Crippen molar-refractivity contribution in [1.82, 2.24) is 4.90 Å². The minimum Gasteiger partial charge on any atom is -0.490 e. The molecule has 0 radical (unpaired) electrons. The minimum atomic E-state index is -1.03. The van der Waals surface area contributed by atoms with Gasteiger partial charge in [0.25, 0.3) is 5.91 Å². The monoisotopic (exact) mass is 504 g/mol. The van der Waals surface area contributed by atoms with E-state index in [1.165, 1.54) is 28.8 Å². The number of rotatable bonds is 7. The summed E-state index contributed by atoms with van der Waals surface area (Å²) in [5, 5.41) is 9.62. The molecular weight excluding hydrogens is 484 g/mol. The van der Waals surface area contributed by atoms with E-state index in [4.69, 9.17) is 14.6 Å². The number of hydrogen-bond donors (Lipinski definition) is 1. The van der Waals surface area contributed by atoms with E-state index in [-0.39, 0.29) is 11.5 Å². The Hall–Kier alpha value is -2.78. The van der Waals surface area contributed by atoms with Crippen molar-refractivity contribution in [2.75, 3.05) is 20.3 Å². The zero-order valence-corrected chi connectivity index (χ0v) is 19.6. The first-order valence-corrected chi connectivity index (χ1v) is 11.1. The molecule has 1 fully saturated rings. The summed E-state index contributed by atoms with van der Waals surface area (Å²) < 4.78 is 12.1. The van der Waals surface area contributed by atoms with Crippen LogP contribution in [0, 0.1) is 0 Å². The van der Waals surface area contributed by atoms with Gasteiger partial charge in [0, 0.05) is 7.05 Å². The average molecular weight is 505 g/mol. The van der Waals surface area contributed by atoms with E-state index in [0.717, 1.165) is 10.0 Å². The Labute approximate surface area is 192 Å². The van der Waals surface area contributed by atoms with Crippen molar-refractivity contribution in [3.8, 4) is 11.5 Å². The van der Waals surface area contributed by atoms with Crippen LogP contribution in [-0.4, -0.2) is 47.3 Å². The topological polar surface area (TPSA) is 88.4 Å². The third-order valence-electron chi connectivity index (χ3n) is 4.24. The minimum absolute atomic E-state index is 0.136. The van der Waals surface area contributed by atoms with Crippen molar-refractivity contribution in [2.45, 2.75) is 13.8 Å². The molecule has 31 heavy (non-hydrogen) atoms. The molecule has 7 nitrogen and oxygen atoms in total. The Bertz CT molecular complexity index is 1080. The number of amidine groups is 1. The molecular formula is C22H21BrN2O5S. The summed E-state index contributed by atoms with van der Waals surface area (Å²) in [5.41, 5.74) is 1.38. The first-order valence-electron chi connectivity index (χ1n) is 9.52. The summed E-state index contributed by atoms with van der Waals surface area (Å²) in [6, 6.07) is 9.96. The van der Waals surface area contributed by atoms with Gasteiger partial charge in [0.15, 0.2) is 16.7 Å². The first kappa shape index (κ1) is 22.9. The zero-order valence-electron chi connectivity index (χ0n) is 17.2. The molecule has 2 aromatic rings. The average Bonchev–Trinajstić information content (AvgIpc) is 2.99. The first-order chi connectivity index (χ1) is 14.8. The van der Waals surface area contributed by atoms with Crippen LogP contribution in [0.4, 0.5) is 5.69 Å². The van der Waals surface area contributed by atoms with Crippen molar-refractivity contribution in [3.63, 3.8) is 0 Å². The number of hydrogen-bond acceptors (Lipinski definition) is 6. The molecule has 0 unspecified atom stereocenters. The van der Waals surface area contributed by atoms with Crippen molar-refractivity contribution in [2.24, 2.45) is 4.99 Å². The molecule has 1 saturated heterocycles. The maximum absolute atomic E-state index is 12.7. The van der Waals surface area contributed by atoms with Crippen LogP contribution >= 0.6 is 27.7 Å². The number of carbonyl (C=O) groups is 2. The van der Waals surface area contributed by atoms with Crippen LogP contribution in [0.25, 0.3) is 6.08 Å². The fourth-order valence-electron chi connectivity index (χ4n) is 2.84. The van der Waals surface area contributed by atoms with Crippen LogP contribution in [-0.2, 0) is 4.79 Å². The Morgan fingerprint density at radius 1 is 1.23 bits per heavy atom. The van der Waals surface area contributed by atoms with Gasteiger partial charge in [-0.05, 0) is 83.5 Å². The number of halogens is 1. The Kier molecular flexibility index (Phi) is 7.40. The predicted molar refractivity (Wildman–Crippen MR) is 125 cm³/mol. The predicted octanol–water partition coefficient (Wildman–Crippen LogP) is 5.18. The van der Waals surface area contributed by atoms with Gasteiger partial charge >= 0.3 is 5.97 Å². The van der Waals surface area contributed by atoms with Crippen LogP contribution < -0.4 is 9.47 Å². The highest BCUT2D eigenvalue weighted by molar-refractivity contribution is 9.10. The highest BCUT2D eigenvalue weighted by Crippen LogP contribution is 2.39. The van der Waals surface area contributed by atoms with Crippen LogP contribution in [0.15, 0.2) is 50.8 Å². The van der Waals surface area contributed by atoms with E-state index >= 15 is 0 Å². The molecule has 0 aliphatic carbocycles. The van der Waals surface area contributed by atoms with Crippen molar-refractivity contribution in [3.05, 3.63) is 56.9 Å². The summed E-state index contributed by atoms with van der Waals surface area (Å²) in [4.78, 5) is 30.3. The Morgan fingerprint density at radius 2 is 1.97 bits per heavy atom. The third-order valence-corrected chi connectivity index (χ3v) is 5.89. The van der Waals surface area contributed by atoms with Gasteiger partial charge < -0.3 is 14.6 Å². The molecule has 0 saturated carbocycles. The lowest BCUT2D eigenvalue weighted by atomic mass is 10.2. The van der Waals surface area contributed by atoms with Crippen molar-refractivity contribution < 1.29 is 24.2 Å². The lowest BCUT2D eigenvalue weighted by Gasteiger charge is -2.13. The number of carboxylic acid groups (broad SMARTS) is 1. The highest BCUT2D eigenvalue weighted by atomic mass is 79.9. The lowest BCUT2D eigenvalue weighted by molar-refractivity contribution is -0.121. The van der Waals surface area contributed by atoms with Gasteiger partial charge in [-0.1, -0.05) is 6.07 Å². The number of aliphatic imine (C=N–C) groups is 1. The molecule has 0 spiro atoms. The number of benzene rings is 2. The number of amides is 1. The number of thioether (sulfide) groups is 1. The van der Waals surface area contributed by atoms with Gasteiger partial charge in [0.1, 0.15) is 0 Å². The number of carboxylic acids is 1. The van der Waals surface area contributed by atoms with Gasteiger partial charge in [-0.15, -0.1) is 0 Å². The summed E-state index contributed by atoms with van der Waals surface area (Å²) in [6.45, 7) is 4.77. The Morgan fingerprint density at radius 3 is 2.65 bits per heavy atom. The molecule has 0 aromatic heterocycles. The maximum Gasteiger partial charge on any atom is 0.335 e. The van der Waals surface area contributed by atoms with Gasteiger partial charge in [-0.3, -0.25) is 9.69 Å². The molecule has 1 aliphatic heterocycles. The molecule has 1 N–H and O–H groups in total. The normalized spacial score (nSPS) is 16.3. The summed E-state index contributed by atoms with van der Waals surface area (Å²) in [5.74, 6) is -0.0123. The molecule has 1 amide bonds. The quantitative estimate of drug-likeness (QED) is 0.522. The van der Waals surface area contributed by atoms with E-state index < -0.39 is 5.97 Å². The SMILES string of the molecule is CCOc1cc(/C=C2/SC(=Nc3cccc(C(=O)O)c3)N(C)C2=O)cc(Br)c1OCC. The van der Waals surface area contributed by atoms with Gasteiger partial charge in [-0.25, -0.2) is 9.79 Å². The standard InChI is InChI=1S/C22H21BrN2O5S/c1-4-29-17-10-13(9-16(23)19(17)30-5-2)11-18-20(26)25(3)22(31-18)24-15-8-6-7-14(12-15)21(27)28/h6-12H,4-5H2,1-3H3,(H,27,28)/b18-11+,24-22?. The fourth-order valence-corrected chi connectivity index (χ4v) is 4.40. The van der Waals surface area contributed by atoms with Crippen LogP contribution in [0.5, 0.6) is 11.5 Å². The summed E-state index contributed by atoms with van der Waals surface area (Å²) >= 11 is 4.73. The molecule has 1 aliphatic rings. The summed E-state index contributed by atoms with van der Waals surface area (Å²) in [7, 11) is 1.63. The maximum atomic E-state index is 12.7. The largest absolute Gasteiger partial charge is 0.490 e. The van der Waals surface area contributed by atoms with Crippen molar-refractivity contribution >= 4 is 56.5 Å². The number of aromatic carboxylic acids is 1. The second-order valence-electron chi connectivity index (χ2n) is 6.42. The fraction of sp³-hybridized carbons (Fsp3) is 0.227. The van der Waals surface area contributed by atoms with E-state index in [0.29, 0.717) is 40.5 Å². The van der Waals surface area contributed by atoms with E-state index in [2.05, 4.69) is 20.9 Å². The second-order valence-corrected chi connectivity index (χ2v) is 8.28. The van der Waals surface area contributed by atoms with Crippen molar-refractivity contribution in [1.29, 1.82) is 0 Å². The van der Waals surface area contributed by atoms with Gasteiger partial charge in [0.05, 0.1) is 33.8 Å². The van der Waals surface area contributed by atoms with E-state index in [1.54, 1.807) is 25.3 Å². The Balaban J connectivity index is 1.93. The number of carbonyl (C=O) groups excluding carboxylic acids is 1. The number of ether oxygens (including phenoxy) is 2. The molecule has 2 aromatic carbocycles. The van der Waals surface area contributed by atoms with E-state index in [9.17, 15) is 9.59 Å². The van der Waals surface area contributed by atoms with E-state index in [1.807, 2.05) is 26.0 Å².